The second-order valence-corrected chi connectivity index (χ2v) is 7.00. The van der Waals surface area contributed by atoms with Crippen LogP contribution in [0.3, 0.4) is 0 Å². The lowest BCUT2D eigenvalue weighted by molar-refractivity contribution is -0.117. The van der Waals surface area contributed by atoms with E-state index in [-0.39, 0.29) is 10.8 Å². The molecule has 0 unspecified atom stereocenters. The van der Waals surface area contributed by atoms with Gasteiger partial charge in [0, 0.05) is 12.1 Å². The van der Waals surface area contributed by atoms with Crippen molar-refractivity contribution in [2.45, 2.75) is 31.1 Å². The number of carbonyl (C=O) groups is 1. The summed E-state index contributed by atoms with van der Waals surface area (Å²) in [7, 11) is -3.78. The van der Waals surface area contributed by atoms with Gasteiger partial charge in [0.15, 0.2) is 0 Å². The number of nitrogens with one attached hydrogen (secondary N) is 2. The molecule has 1 aliphatic heterocycles. The standard InChI is InChI=1S/C14H21N3O3S/c1-10-2-3-12(9-13(10)21(15,19)20)17-14(18)8-11-4-6-16-7-5-11/h2-3,9,11,16H,4-8H2,1H3,(H,17,18)(H2,15,19,20). The molecule has 7 heteroatoms. The van der Waals surface area contributed by atoms with Crippen LogP contribution in [0.1, 0.15) is 24.8 Å². The average Bonchev–Trinajstić information content (AvgIpc) is 2.41. The Hall–Kier alpha value is -1.44. The molecule has 0 atom stereocenters. The van der Waals surface area contributed by atoms with Crippen molar-refractivity contribution < 1.29 is 13.2 Å². The van der Waals surface area contributed by atoms with Gasteiger partial charge in [-0.2, -0.15) is 0 Å². The molecular formula is C14H21N3O3S. The number of aryl methyl sites for hydroxylation is 1. The van der Waals surface area contributed by atoms with Crippen molar-refractivity contribution in [1.29, 1.82) is 0 Å². The van der Waals surface area contributed by atoms with E-state index >= 15 is 0 Å². The smallest absolute Gasteiger partial charge is 0.238 e. The van der Waals surface area contributed by atoms with Gasteiger partial charge in [0.1, 0.15) is 0 Å². The van der Waals surface area contributed by atoms with E-state index < -0.39 is 10.0 Å². The molecule has 6 nitrogen and oxygen atoms in total. The van der Waals surface area contributed by atoms with Crippen LogP contribution in [0.5, 0.6) is 0 Å². The molecule has 0 aromatic heterocycles. The number of piperidine rings is 1. The van der Waals surface area contributed by atoms with Gasteiger partial charge >= 0.3 is 0 Å². The zero-order valence-corrected chi connectivity index (χ0v) is 12.9. The Morgan fingerprint density at radius 1 is 1.38 bits per heavy atom. The van der Waals surface area contributed by atoms with E-state index in [4.69, 9.17) is 5.14 Å². The maximum Gasteiger partial charge on any atom is 0.238 e. The van der Waals surface area contributed by atoms with Crippen LogP contribution in [0, 0.1) is 12.8 Å². The van der Waals surface area contributed by atoms with Gasteiger partial charge in [0.05, 0.1) is 4.90 Å². The highest BCUT2D eigenvalue weighted by atomic mass is 32.2. The Balaban J connectivity index is 2.04. The molecule has 116 valence electrons. The average molecular weight is 311 g/mol. The second kappa shape index (κ2) is 6.55. The van der Waals surface area contributed by atoms with E-state index in [1.54, 1.807) is 19.1 Å². The third-order valence-corrected chi connectivity index (χ3v) is 4.76. The molecule has 0 radical (unpaired) electrons. The molecule has 4 N–H and O–H groups in total. The van der Waals surface area contributed by atoms with Crippen molar-refractivity contribution in [1.82, 2.24) is 5.32 Å². The highest BCUT2D eigenvalue weighted by Gasteiger charge is 2.18. The lowest BCUT2D eigenvalue weighted by Crippen LogP contribution is -2.30. The number of hydrogen-bond donors (Lipinski definition) is 3. The molecule has 0 saturated carbocycles. The van der Waals surface area contributed by atoms with Gasteiger partial charge in [-0.25, -0.2) is 13.6 Å². The number of amides is 1. The van der Waals surface area contributed by atoms with Crippen molar-refractivity contribution in [3.05, 3.63) is 23.8 Å². The first-order valence-corrected chi connectivity index (χ1v) is 8.55. The monoisotopic (exact) mass is 311 g/mol. The summed E-state index contributed by atoms with van der Waals surface area (Å²) in [4.78, 5) is 12.1. The molecular weight excluding hydrogens is 290 g/mol. The normalized spacial score (nSPS) is 16.7. The number of primary sulfonamides is 1. The van der Waals surface area contributed by atoms with E-state index in [2.05, 4.69) is 10.6 Å². The summed E-state index contributed by atoms with van der Waals surface area (Å²) in [5, 5.41) is 11.2. The lowest BCUT2D eigenvalue weighted by atomic mass is 9.94. The van der Waals surface area contributed by atoms with Crippen LogP contribution in [0.2, 0.25) is 0 Å². The number of benzene rings is 1. The Kier molecular flexibility index (Phi) is 4.97. The molecule has 1 heterocycles. The first-order valence-electron chi connectivity index (χ1n) is 7.00. The first kappa shape index (κ1) is 15.9. The quantitative estimate of drug-likeness (QED) is 0.771. The molecule has 0 spiro atoms. The minimum atomic E-state index is -3.78. The SMILES string of the molecule is Cc1ccc(NC(=O)CC2CCNCC2)cc1S(N)(=O)=O. The maximum atomic E-state index is 12.0. The lowest BCUT2D eigenvalue weighted by Gasteiger charge is -2.22. The molecule has 2 rings (SSSR count). The van der Waals surface area contributed by atoms with Crippen LogP contribution in [0.25, 0.3) is 0 Å². The molecule has 1 saturated heterocycles. The highest BCUT2D eigenvalue weighted by molar-refractivity contribution is 7.89. The van der Waals surface area contributed by atoms with Crippen molar-refractivity contribution in [2.75, 3.05) is 18.4 Å². The summed E-state index contributed by atoms with van der Waals surface area (Å²) < 4.78 is 22.9. The topological polar surface area (TPSA) is 101 Å². The highest BCUT2D eigenvalue weighted by Crippen LogP contribution is 2.21. The van der Waals surface area contributed by atoms with Gasteiger partial charge in [-0.1, -0.05) is 6.07 Å². The van der Waals surface area contributed by atoms with Crippen molar-refractivity contribution in [2.24, 2.45) is 11.1 Å². The van der Waals surface area contributed by atoms with Crippen LogP contribution < -0.4 is 15.8 Å². The summed E-state index contributed by atoms with van der Waals surface area (Å²) >= 11 is 0. The molecule has 1 aromatic rings. The minimum Gasteiger partial charge on any atom is -0.326 e. The second-order valence-electron chi connectivity index (χ2n) is 5.47. The Morgan fingerprint density at radius 3 is 2.67 bits per heavy atom. The number of sulfonamides is 1. The Morgan fingerprint density at radius 2 is 2.05 bits per heavy atom. The molecule has 1 aliphatic rings. The predicted octanol–water partition coefficient (Wildman–Crippen LogP) is 0.971. The summed E-state index contributed by atoms with van der Waals surface area (Å²) in [6, 6.07) is 4.73. The van der Waals surface area contributed by atoms with Gasteiger partial charge in [-0.05, 0) is 56.5 Å². The summed E-state index contributed by atoms with van der Waals surface area (Å²) in [5.74, 6) is 0.292. The number of hydrogen-bond acceptors (Lipinski definition) is 4. The summed E-state index contributed by atoms with van der Waals surface area (Å²) in [6.07, 6.45) is 2.44. The fourth-order valence-electron chi connectivity index (χ4n) is 2.54. The van der Waals surface area contributed by atoms with Gasteiger partial charge < -0.3 is 10.6 Å². The van der Waals surface area contributed by atoms with E-state index in [1.165, 1.54) is 6.07 Å². The number of rotatable bonds is 4. The predicted molar refractivity (Wildman–Crippen MR) is 81.4 cm³/mol. The molecule has 0 bridgehead atoms. The largest absolute Gasteiger partial charge is 0.326 e. The minimum absolute atomic E-state index is 0.0437. The van der Waals surface area contributed by atoms with Crippen molar-refractivity contribution >= 4 is 21.6 Å². The van der Waals surface area contributed by atoms with Crippen molar-refractivity contribution in [3.63, 3.8) is 0 Å². The zero-order chi connectivity index (χ0) is 15.5. The zero-order valence-electron chi connectivity index (χ0n) is 12.1. The fourth-order valence-corrected chi connectivity index (χ4v) is 3.35. The van der Waals surface area contributed by atoms with Crippen LogP contribution >= 0.6 is 0 Å². The molecule has 1 aromatic carbocycles. The molecule has 1 fully saturated rings. The number of anilines is 1. The number of nitrogens with two attached hydrogens (primary N) is 1. The van der Waals surface area contributed by atoms with Gasteiger partial charge in [0.25, 0.3) is 0 Å². The van der Waals surface area contributed by atoms with Crippen molar-refractivity contribution in [3.8, 4) is 0 Å². The summed E-state index contributed by atoms with van der Waals surface area (Å²) in [6.45, 7) is 3.55. The Labute approximate surface area is 125 Å². The van der Waals surface area contributed by atoms with E-state index in [0.717, 1.165) is 25.9 Å². The van der Waals surface area contributed by atoms with Gasteiger partial charge in [-0.15, -0.1) is 0 Å². The van der Waals surface area contributed by atoms with Crippen LogP contribution in [0.15, 0.2) is 23.1 Å². The maximum absolute atomic E-state index is 12.0. The molecule has 1 amide bonds. The van der Waals surface area contributed by atoms with Crippen LogP contribution in [0.4, 0.5) is 5.69 Å². The molecule has 21 heavy (non-hydrogen) atoms. The number of carbonyl (C=O) groups excluding carboxylic acids is 1. The Bertz CT molecular complexity index is 622. The summed E-state index contributed by atoms with van der Waals surface area (Å²) in [5.41, 5.74) is 1.03. The fraction of sp³-hybridized carbons (Fsp3) is 0.500. The van der Waals surface area contributed by atoms with E-state index in [9.17, 15) is 13.2 Å². The molecule has 0 aliphatic carbocycles. The van der Waals surface area contributed by atoms with E-state index in [1.807, 2.05) is 0 Å². The third kappa shape index (κ3) is 4.52. The van der Waals surface area contributed by atoms with Gasteiger partial charge in [-0.3, -0.25) is 4.79 Å². The first-order chi connectivity index (χ1) is 9.86. The third-order valence-electron chi connectivity index (χ3n) is 3.71. The van der Waals surface area contributed by atoms with Crippen LogP contribution in [-0.2, 0) is 14.8 Å². The van der Waals surface area contributed by atoms with Gasteiger partial charge in [0.2, 0.25) is 15.9 Å². The van der Waals surface area contributed by atoms with E-state index in [0.29, 0.717) is 23.6 Å². The van der Waals surface area contributed by atoms with Crippen LogP contribution in [-0.4, -0.2) is 27.4 Å².